The van der Waals surface area contributed by atoms with Crippen LogP contribution in [0.15, 0.2) is 19.3 Å². The van der Waals surface area contributed by atoms with Crippen LogP contribution in [0, 0.1) is 5.41 Å². The molecule has 0 spiro atoms. The van der Waals surface area contributed by atoms with E-state index in [4.69, 9.17) is 0 Å². The highest BCUT2D eigenvalue weighted by Gasteiger charge is 2.34. The first-order valence-electron chi connectivity index (χ1n) is 4.57. The van der Waals surface area contributed by atoms with Crippen LogP contribution in [0.3, 0.4) is 0 Å². The van der Waals surface area contributed by atoms with Gasteiger partial charge in [-0.3, -0.25) is 0 Å². The van der Waals surface area contributed by atoms with Crippen molar-refractivity contribution in [1.29, 1.82) is 0 Å². The van der Waals surface area contributed by atoms with Crippen LogP contribution in [0.4, 0.5) is 0 Å². The van der Waals surface area contributed by atoms with Gasteiger partial charge in [-0.2, -0.15) is 18.6 Å². The lowest BCUT2D eigenvalue weighted by Gasteiger charge is -2.23. The van der Waals surface area contributed by atoms with Crippen molar-refractivity contribution in [3.63, 3.8) is 0 Å². The highest BCUT2D eigenvalue weighted by atomic mass is 32.2. The molecule has 0 saturated heterocycles. The molecule has 8 nitrogen and oxygen atoms in total. The molecular formula is C7H16N4O4S2. The predicted molar refractivity (Wildman–Crippen MR) is 62.6 cm³/mol. The van der Waals surface area contributed by atoms with E-state index >= 15 is 0 Å². The summed E-state index contributed by atoms with van der Waals surface area (Å²) in [6.45, 7) is 4.85. The Labute approximate surface area is 101 Å². The largest absolute Gasteiger partial charge is 0.397 e. The van der Waals surface area contributed by atoms with Gasteiger partial charge in [0.2, 0.25) is 0 Å². The van der Waals surface area contributed by atoms with Gasteiger partial charge in [0.05, 0.1) is 7.05 Å². The molecule has 0 rings (SSSR count). The number of rotatable bonds is 4. The Hall–Kier alpha value is -0.900. The normalized spacial score (nSPS) is 16.8. The van der Waals surface area contributed by atoms with Gasteiger partial charge in [0.15, 0.2) is 15.2 Å². The fourth-order valence-corrected chi connectivity index (χ4v) is 3.14. The van der Waals surface area contributed by atoms with Crippen molar-refractivity contribution in [2.75, 3.05) is 13.3 Å². The van der Waals surface area contributed by atoms with Gasteiger partial charge in [-0.05, 0) is 9.04 Å². The first-order valence-corrected chi connectivity index (χ1v) is 7.92. The van der Waals surface area contributed by atoms with Gasteiger partial charge in [-0.25, -0.2) is 8.42 Å². The second-order valence-corrected chi connectivity index (χ2v) is 7.80. The van der Waals surface area contributed by atoms with Crippen LogP contribution in [0.1, 0.15) is 20.8 Å². The van der Waals surface area contributed by atoms with Crippen molar-refractivity contribution >= 4 is 20.0 Å². The van der Waals surface area contributed by atoms with E-state index in [0.717, 1.165) is 13.3 Å². The van der Waals surface area contributed by atoms with Crippen LogP contribution >= 0.6 is 0 Å². The summed E-state index contributed by atoms with van der Waals surface area (Å²) in [7, 11) is -6.59. The summed E-state index contributed by atoms with van der Waals surface area (Å²) >= 11 is 0. The van der Waals surface area contributed by atoms with E-state index in [9.17, 15) is 16.8 Å². The third-order valence-corrected chi connectivity index (χ3v) is 3.87. The van der Waals surface area contributed by atoms with Crippen molar-refractivity contribution in [3.05, 3.63) is 0 Å². The van der Waals surface area contributed by atoms with E-state index < -0.39 is 30.8 Å². The van der Waals surface area contributed by atoms with Gasteiger partial charge < -0.3 is 0 Å². The molecule has 100 valence electrons. The zero-order valence-electron chi connectivity index (χ0n) is 10.3. The quantitative estimate of drug-likeness (QED) is 0.720. The minimum absolute atomic E-state index is 0.768. The first kappa shape index (κ1) is 16.1. The molecular weight excluding hydrogens is 268 g/mol. The molecule has 1 atom stereocenters. The Bertz CT molecular complexity index is 513. The average molecular weight is 284 g/mol. The molecule has 0 aliphatic carbocycles. The zero-order chi connectivity index (χ0) is 13.9. The second-order valence-electron chi connectivity index (χ2n) is 4.47. The van der Waals surface area contributed by atoms with Gasteiger partial charge in [0, 0.05) is 11.7 Å². The number of hydrogen-bond donors (Lipinski definition) is 0. The molecule has 10 heteroatoms. The summed E-state index contributed by atoms with van der Waals surface area (Å²) in [6, 6.07) is 0. The smallest absolute Gasteiger partial charge is 0.227 e. The lowest BCUT2D eigenvalue weighted by atomic mass is 9.97. The lowest BCUT2D eigenvalue weighted by Crippen LogP contribution is -2.31. The Kier molecular flexibility index (Phi) is 4.90. The lowest BCUT2D eigenvalue weighted by molar-refractivity contribution is 0.378. The molecule has 0 aromatic heterocycles. The van der Waals surface area contributed by atoms with Crippen LogP contribution in [-0.4, -0.2) is 35.5 Å². The van der Waals surface area contributed by atoms with Crippen LogP contribution in [-0.2, 0) is 20.0 Å². The van der Waals surface area contributed by atoms with Crippen molar-refractivity contribution in [2.24, 2.45) is 24.7 Å². The molecule has 1 unspecified atom stereocenters. The van der Waals surface area contributed by atoms with E-state index in [1.54, 1.807) is 20.8 Å². The van der Waals surface area contributed by atoms with E-state index in [1.165, 1.54) is 0 Å². The molecule has 0 amide bonds. The number of nitrogens with zero attached hydrogens (tertiary/aromatic N) is 4. The molecule has 17 heavy (non-hydrogen) atoms. The van der Waals surface area contributed by atoms with Crippen LogP contribution in [0.25, 0.3) is 0 Å². The van der Waals surface area contributed by atoms with Crippen LogP contribution < -0.4 is 0 Å². The fraction of sp³-hybridized carbons (Fsp3) is 1.00. The summed E-state index contributed by atoms with van der Waals surface area (Å²) in [5.41, 5.74) is -0.768. The van der Waals surface area contributed by atoms with E-state index in [2.05, 4.69) is 19.3 Å². The molecule has 0 aromatic rings. The van der Waals surface area contributed by atoms with Gasteiger partial charge in [-0.15, -0.1) is 0 Å². The molecule has 0 aliphatic heterocycles. The van der Waals surface area contributed by atoms with E-state index in [-0.39, 0.29) is 0 Å². The molecule has 0 radical (unpaired) electrons. The number of sulfone groups is 1. The summed E-state index contributed by atoms with van der Waals surface area (Å²) in [6.07, 6.45) is 0.968. The summed E-state index contributed by atoms with van der Waals surface area (Å²) < 4.78 is 50.8. The van der Waals surface area contributed by atoms with Crippen molar-refractivity contribution < 1.29 is 16.8 Å². The summed E-state index contributed by atoms with van der Waals surface area (Å²) in [5, 5.41) is 5.14. The number of hydrogen-bond acceptors (Lipinski definition) is 6. The Balaban J connectivity index is 5.40. The first-order chi connectivity index (χ1) is 7.40. The Morgan fingerprint density at radius 2 is 1.47 bits per heavy atom. The minimum atomic E-state index is -4.20. The standard InChI is InChI=1S/C7H16N4O4S2/c1-7(2,3)6(16(5,12)13)9-11-17(14,15)10-8-4/h6H,1-5H3. The Morgan fingerprint density at radius 1 is 1.00 bits per heavy atom. The molecule has 0 aromatic carbocycles. The molecule has 0 heterocycles. The minimum Gasteiger partial charge on any atom is -0.227 e. The van der Waals surface area contributed by atoms with Gasteiger partial charge in [-0.1, -0.05) is 20.8 Å². The second kappa shape index (κ2) is 5.17. The van der Waals surface area contributed by atoms with Gasteiger partial charge >= 0.3 is 10.2 Å². The highest BCUT2D eigenvalue weighted by molar-refractivity contribution is 7.91. The maximum atomic E-state index is 11.5. The highest BCUT2D eigenvalue weighted by Crippen LogP contribution is 2.26. The van der Waals surface area contributed by atoms with Gasteiger partial charge in [0.1, 0.15) is 0 Å². The topological polar surface area (TPSA) is 118 Å². The molecule has 0 N–H and O–H groups in total. The van der Waals surface area contributed by atoms with Gasteiger partial charge in [0.25, 0.3) is 0 Å². The third kappa shape index (κ3) is 5.82. The summed E-state index contributed by atoms with van der Waals surface area (Å²) in [5.74, 6) is 0. The Morgan fingerprint density at radius 3 is 1.76 bits per heavy atom. The zero-order valence-corrected chi connectivity index (χ0v) is 11.9. The van der Waals surface area contributed by atoms with Crippen molar-refractivity contribution in [2.45, 2.75) is 26.1 Å². The summed E-state index contributed by atoms with van der Waals surface area (Å²) in [4.78, 5) is 0. The van der Waals surface area contributed by atoms with Crippen molar-refractivity contribution in [1.82, 2.24) is 0 Å². The van der Waals surface area contributed by atoms with E-state index in [0.29, 0.717) is 0 Å². The monoisotopic (exact) mass is 284 g/mol. The van der Waals surface area contributed by atoms with Crippen LogP contribution in [0.2, 0.25) is 0 Å². The molecule has 0 aliphatic rings. The maximum Gasteiger partial charge on any atom is 0.397 e. The fourth-order valence-electron chi connectivity index (χ4n) is 1.12. The predicted octanol–water partition coefficient (Wildman–Crippen LogP) is 1.18. The van der Waals surface area contributed by atoms with Crippen molar-refractivity contribution in [3.8, 4) is 0 Å². The van der Waals surface area contributed by atoms with E-state index in [1.807, 2.05) is 0 Å². The third-order valence-electron chi connectivity index (χ3n) is 1.59. The van der Waals surface area contributed by atoms with Crippen LogP contribution in [0.5, 0.6) is 0 Å². The molecule has 0 fully saturated rings. The average Bonchev–Trinajstić information content (AvgIpc) is 1.97. The SMILES string of the molecule is CN=NS(=O)(=O)N=NC(C(C)(C)C)S(C)(=O)=O. The molecule has 0 bridgehead atoms. The maximum absolute atomic E-state index is 11.5. The molecule has 0 saturated carbocycles.